The molecule has 6 rings (SSSR count). The van der Waals surface area contributed by atoms with Crippen LogP contribution >= 0.6 is 0 Å². The second-order valence-corrected chi connectivity index (χ2v) is 15.8. The van der Waals surface area contributed by atoms with Crippen molar-refractivity contribution >= 4 is 78.9 Å². The summed E-state index contributed by atoms with van der Waals surface area (Å²) in [6.07, 6.45) is 2.30. The number of aliphatic hydroxyl groups excluding tert-OH is 4. The van der Waals surface area contributed by atoms with Crippen LogP contribution in [0.4, 0.5) is 46.5 Å². The van der Waals surface area contributed by atoms with Crippen LogP contribution in [0.15, 0.2) is 107 Å². The largest absolute Gasteiger partial charge is 0.461 e. The van der Waals surface area contributed by atoms with Crippen LogP contribution in [0.5, 0.6) is 12.0 Å². The summed E-state index contributed by atoms with van der Waals surface area (Å²) >= 11 is 0. The van der Waals surface area contributed by atoms with E-state index in [2.05, 4.69) is 40.5 Å². The number of ether oxygens (including phenoxy) is 2. The van der Waals surface area contributed by atoms with Crippen molar-refractivity contribution in [3.05, 3.63) is 108 Å². The van der Waals surface area contributed by atoms with E-state index in [1.807, 2.05) is 0 Å². The maximum absolute atomic E-state index is 12.9. The van der Waals surface area contributed by atoms with E-state index in [4.69, 9.17) is 19.1 Å². The molecule has 0 aliphatic heterocycles. The Kier molecular flexibility index (Phi) is 16.7. The molecule has 348 valence electrons. The van der Waals surface area contributed by atoms with Gasteiger partial charge in [-0.2, -0.15) is 56.9 Å². The molecule has 0 spiro atoms. The van der Waals surface area contributed by atoms with Gasteiger partial charge in [0.05, 0.1) is 51.0 Å². The summed E-state index contributed by atoms with van der Waals surface area (Å²) in [5, 5.41) is 45.8. The van der Waals surface area contributed by atoms with Crippen molar-refractivity contribution in [3.8, 4) is 12.0 Å². The average Bonchev–Trinajstić information content (AvgIpc) is 3.30. The normalized spacial score (nSPS) is 11.7. The van der Waals surface area contributed by atoms with Crippen LogP contribution < -0.4 is 30.2 Å². The van der Waals surface area contributed by atoms with E-state index in [0.717, 1.165) is 34.4 Å². The molecule has 2 heterocycles. The number of rotatable bonds is 24. The Labute approximate surface area is 376 Å². The lowest BCUT2D eigenvalue weighted by Crippen LogP contribution is -2.23. The number of para-hydroxylation sites is 2. The molecule has 0 aliphatic carbocycles. The van der Waals surface area contributed by atoms with Crippen LogP contribution in [0.1, 0.15) is 11.1 Å². The monoisotopic (exact) mass is 950 g/mol. The minimum atomic E-state index is -5.06. The third-order valence-corrected chi connectivity index (χ3v) is 10.2. The van der Waals surface area contributed by atoms with Gasteiger partial charge in [0, 0.05) is 11.4 Å². The highest BCUT2D eigenvalue weighted by atomic mass is 32.2. The Morgan fingerprint density at radius 2 is 0.879 bits per heavy atom. The molecule has 6 aromatic rings. The maximum Gasteiger partial charge on any atom is 0.323 e. The Bertz CT molecular complexity index is 2630. The van der Waals surface area contributed by atoms with Crippen molar-refractivity contribution in [1.29, 1.82) is 0 Å². The van der Waals surface area contributed by atoms with Gasteiger partial charge >= 0.3 is 12.0 Å². The first kappa shape index (κ1) is 48.5. The summed E-state index contributed by atoms with van der Waals surface area (Å²) in [5.41, 5.74) is 0.623. The van der Waals surface area contributed by atoms with Gasteiger partial charge in [0.1, 0.15) is 23.0 Å². The summed E-state index contributed by atoms with van der Waals surface area (Å²) < 4.78 is 83.4. The Morgan fingerprint density at radius 3 is 1.23 bits per heavy atom. The number of aromatic nitrogens is 6. The van der Waals surface area contributed by atoms with Gasteiger partial charge in [0.25, 0.3) is 32.1 Å². The lowest BCUT2D eigenvalue weighted by Gasteiger charge is -2.23. The predicted molar refractivity (Wildman–Crippen MR) is 236 cm³/mol. The fourth-order valence-electron chi connectivity index (χ4n) is 5.65. The van der Waals surface area contributed by atoms with Gasteiger partial charge in [-0.25, -0.2) is 0 Å². The second-order valence-electron chi connectivity index (χ2n) is 13.0. The van der Waals surface area contributed by atoms with Gasteiger partial charge < -0.3 is 40.5 Å². The highest BCUT2D eigenvalue weighted by Gasteiger charge is 2.25. The van der Waals surface area contributed by atoms with E-state index >= 15 is 0 Å². The van der Waals surface area contributed by atoms with Crippen LogP contribution in [-0.4, -0.2) is 129 Å². The van der Waals surface area contributed by atoms with Gasteiger partial charge in [0.2, 0.25) is 11.9 Å². The molecule has 0 saturated carbocycles. The zero-order valence-corrected chi connectivity index (χ0v) is 36.0. The molecule has 0 atom stereocenters. The number of nitrogens with zero attached hydrogens (tertiary/aromatic N) is 8. The number of aliphatic hydroxyl groups is 4. The van der Waals surface area contributed by atoms with E-state index in [-0.39, 0.29) is 98.0 Å². The van der Waals surface area contributed by atoms with Crippen LogP contribution in [0.3, 0.4) is 0 Å². The molecule has 0 saturated heterocycles. The summed E-state index contributed by atoms with van der Waals surface area (Å²) in [7, 11) is -10.1. The maximum atomic E-state index is 12.9. The number of nitrogens with one attached hydrogen (secondary N) is 2. The lowest BCUT2D eigenvalue weighted by atomic mass is 10.1. The summed E-state index contributed by atoms with van der Waals surface area (Å²) in [6, 6.07) is 24.1. The van der Waals surface area contributed by atoms with Crippen LogP contribution in [-0.2, 0) is 29.9 Å². The molecule has 0 amide bonds. The van der Waals surface area contributed by atoms with E-state index in [9.17, 15) is 46.4 Å². The molecule has 0 radical (unpaired) electrons. The molecule has 66 heavy (non-hydrogen) atoms. The predicted octanol–water partition coefficient (Wildman–Crippen LogP) is 3.07. The highest BCUT2D eigenvalue weighted by molar-refractivity contribution is 7.86. The number of benzene rings is 4. The first-order chi connectivity index (χ1) is 31.8. The fourth-order valence-corrected chi connectivity index (χ4v) is 7.06. The molecule has 0 aliphatic rings. The van der Waals surface area contributed by atoms with Crippen LogP contribution in [0.2, 0.25) is 0 Å². The highest BCUT2D eigenvalue weighted by Crippen LogP contribution is 2.33. The first-order valence-corrected chi connectivity index (χ1v) is 22.3. The van der Waals surface area contributed by atoms with Gasteiger partial charge in [-0.15, -0.1) is 0 Å². The van der Waals surface area contributed by atoms with E-state index in [1.165, 1.54) is 24.3 Å². The Balaban J connectivity index is 1.39. The minimum absolute atomic E-state index is 0.0510. The quantitative estimate of drug-likeness (QED) is 0.0245. The summed E-state index contributed by atoms with van der Waals surface area (Å²) in [6.45, 7) is -2.87. The van der Waals surface area contributed by atoms with Gasteiger partial charge in [-0.05, 0) is 59.7 Å². The van der Waals surface area contributed by atoms with Crippen molar-refractivity contribution in [2.75, 3.05) is 73.6 Å². The molecule has 2 aromatic heterocycles. The van der Waals surface area contributed by atoms with Gasteiger partial charge in [0.15, 0.2) is 0 Å². The summed E-state index contributed by atoms with van der Waals surface area (Å²) in [4.78, 5) is 35.6. The van der Waals surface area contributed by atoms with Crippen molar-refractivity contribution < 1.29 is 65.5 Å². The SMILES string of the molecule is O=S(=O)(O)c1cc(N(OCCO)c2nc(Nc3ccccc3)nc(OCCO)n2)ccc1C=Cc1ccc(N(OCCO)c2nc(Nc3ccccc3)nc(OCCO)n2)cc1S(=O)(=O)O. The third kappa shape index (κ3) is 13.3. The molecule has 26 heteroatoms. The van der Waals surface area contributed by atoms with Crippen LogP contribution in [0.25, 0.3) is 12.2 Å². The van der Waals surface area contributed by atoms with Crippen molar-refractivity contribution in [1.82, 2.24) is 29.9 Å². The van der Waals surface area contributed by atoms with Crippen LogP contribution in [0, 0.1) is 0 Å². The number of anilines is 8. The van der Waals surface area contributed by atoms with Crippen molar-refractivity contribution in [2.45, 2.75) is 9.79 Å². The fraction of sp³-hybridized carbons (Fsp3) is 0.200. The Morgan fingerprint density at radius 1 is 0.500 bits per heavy atom. The van der Waals surface area contributed by atoms with Gasteiger partial charge in [-0.1, -0.05) is 60.7 Å². The Hall–Kier alpha value is -6.98. The third-order valence-electron chi connectivity index (χ3n) is 8.36. The van der Waals surface area contributed by atoms with E-state index < -0.39 is 43.2 Å². The smallest absolute Gasteiger partial charge is 0.323 e. The van der Waals surface area contributed by atoms with E-state index in [0.29, 0.717) is 11.4 Å². The van der Waals surface area contributed by atoms with Crippen molar-refractivity contribution in [2.24, 2.45) is 0 Å². The second kappa shape index (κ2) is 22.8. The molecular formula is C40H42N10O14S2. The molecular weight excluding hydrogens is 909 g/mol. The molecule has 24 nitrogen and oxygen atoms in total. The van der Waals surface area contributed by atoms with E-state index in [1.54, 1.807) is 60.7 Å². The molecule has 0 unspecified atom stereocenters. The average molecular weight is 951 g/mol. The first-order valence-electron chi connectivity index (χ1n) is 19.4. The molecule has 4 aromatic carbocycles. The zero-order chi connectivity index (χ0) is 47.1. The van der Waals surface area contributed by atoms with Gasteiger partial charge in [-0.3, -0.25) is 18.8 Å². The summed E-state index contributed by atoms with van der Waals surface area (Å²) in [5.74, 6) is -0.659. The van der Waals surface area contributed by atoms with Crippen molar-refractivity contribution in [3.63, 3.8) is 0 Å². The zero-order valence-electron chi connectivity index (χ0n) is 34.4. The topological polar surface area (TPSA) is 334 Å². The molecule has 0 fully saturated rings. The number of hydrogen-bond acceptors (Lipinski definition) is 22. The standard InChI is InChI=1S/C40H42N10O14S2/c51-17-21-61-39-45-35(41-29-7-3-1-4-8-29)43-37(47-39)49(63-23-19-53)31-15-13-27(33(25-31)65(55,56)57)11-12-28-14-16-32(26-34(28)66(58,59)60)50(64-24-20-54)38-44-36(42-30-9-5-2-6-10-30)46-40(48-38)62-22-18-52/h1-16,25-26,51-54H,17-24H2,(H,55,56,57)(H,58,59,60)(H,41,43,45,47)(H,42,44,46,48). The molecule has 0 bridgehead atoms. The molecule has 8 N–H and O–H groups in total. The number of hydrogen-bond donors (Lipinski definition) is 8. The minimum Gasteiger partial charge on any atom is -0.461 e. The lowest BCUT2D eigenvalue weighted by molar-refractivity contribution is 0.0899.